The van der Waals surface area contributed by atoms with E-state index < -0.39 is 22.5 Å². The van der Waals surface area contributed by atoms with Gasteiger partial charge in [-0.2, -0.15) is 0 Å². The first-order valence-electron chi connectivity index (χ1n) is 7.84. The molecule has 1 aliphatic rings. The van der Waals surface area contributed by atoms with Crippen molar-refractivity contribution in [3.63, 3.8) is 0 Å². The van der Waals surface area contributed by atoms with Crippen molar-refractivity contribution in [2.24, 2.45) is 0 Å². The zero-order valence-electron chi connectivity index (χ0n) is 14.4. The molecular formula is C17H26N2O4S. The molecule has 0 saturated carbocycles. The Labute approximate surface area is 145 Å². The van der Waals surface area contributed by atoms with Gasteiger partial charge in [0.15, 0.2) is 0 Å². The molecule has 0 fully saturated rings. The first-order valence-corrected chi connectivity index (χ1v) is 9.39. The van der Waals surface area contributed by atoms with Gasteiger partial charge in [0, 0.05) is 19.1 Å². The Bertz CT molecular complexity index is 613. The zero-order chi connectivity index (χ0) is 18.0. The van der Waals surface area contributed by atoms with Crippen LogP contribution in [0, 0.1) is 0 Å². The van der Waals surface area contributed by atoms with Gasteiger partial charge >= 0.3 is 6.09 Å². The van der Waals surface area contributed by atoms with Crippen LogP contribution in [0.15, 0.2) is 41.8 Å². The van der Waals surface area contributed by atoms with Gasteiger partial charge in [-0.25, -0.2) is 9.52 Å². The molecule has 6 nitrogen and oxygen atoms in total. The van der Waals surface area contributed by atoms with Gasteiger partial charge in [0.05, 0.1) is 4.90 Å². The van der Waals surface area contributed by atoms with E-state index in [-0.39, 0.29) is 6.04 Å². The standard InChI is InChI=1S/C17H26N2O4S/c1-5-10-19(16(20)23-17(2,3)4)12-14-11-13-8-6-7-9-15(13)24(21,22)18-14/h5-9,14,18,21-22H,1,10-12H2,2-4H3. The maximum absolute atomic E-state index is 12.3. The third kappa shape index (κ3) is 4.73. The lowest BCUT2D eigenvalue weighted by atomic mass is 10.1. The third-order valence-corrected chi connectivity index (χ3v) is 5.19. The molecule has 1 unspecified atom stereocenters. The number of fused-ring (bicyclic) bond motifs is 1. The third-order valence-electron chi connectivity index (χ3n) is 3.52. The lowest BCUT2D eigenvalue weighted by Crippen LogP contribution is -2.48. The van der Waals surface area contributed by atoms with E-state index in [1.807, 2.05) is 32.9 Å². The summed E-state index contributed by atoms with van der Waals surface area (Å²) < 4.78 is 29.0. The van der Waals surface area contributed by atoms with E-state index in [0.717, 1.165) is 5.56 Å². The molecule has 0 bridgehead atoms. The Balaban J connectivity index is 2.13. The van der Waals surface area contributed by atoms with Gasteiger partial charge in [0.2, 0.25) is 0 Å². The molecule has 24 heavy (non-hydrogen) atoms. The summed E-state index contributed by atoms with van der Waals surface area (Å²) in [5, 5.41) is 0. The second kappa shape index (κ2) is 7.14. The van der Waals surface area contributed by atoms with Crippen LogP contribution in [0.25, 0.3) is 0 Å². The topological polar surface area (TPSA) is 82.0 Å². The van der Waals surface area contributed by atoms with Gasteiger partial charge in [0.1, 0.15) is 5.60 Å². The number of hydrogen-bond acceptors (Lipinski definition) is 5. The van der Waals surface area contributed by atoms with E-state index >= 15 is 0 Å². The highest BCUT2D eigenvalue weighted by Crippen LogP contribution is 2.49. The number of rotatable bonds is 4. The van der Waals surface area contributed by atoms with Crippen LogP contribution in [0.4, 0.5) is 4.79 Å². The molecule has 2 rings (SSSR count). The highest BCUT2D eigenvalue weighted by atomic mass is 32.3. The summed E-state index contributed by atoms with van der Waals surface area (Å²) in [5.74, 6) is 0. The van der Waals surface area contributed by atoms with E-state index in [9.17, 15) is 13.9 Å². The minimum Gasteiger partial charge on any atom is -0.444 e. The second-order valence-corrected chi connectivity index (χ2v) is 8.62. The van der Waals surface area contributed by atoms with Crippen LogP contribution in [0.3, 0.4) is 0 Å². The van der Waals surface area contributed by atoms with Crippen LogP contribution in [-0.4, -0.2) is 44.8 Å². The number of nitrogens with zero attached hydrogens (tertiary/aromatic N) is 1. The van der Waals surface area contributed by atoms with Crippen LogP contribution >= 0.6 is 10.8 Å². The lowest BCUT2D eigenvalue weighted by molar-refractivity contribution is 0.0257. The van der Waals surface area contributed by atoms with Crippen molar-refractivity contribution >= 4 is 16.9 Å². The van der Waals surface area contributed by atoms with Crippen LogP contribution < -0.4 is 4.72 Å². The summed E-state index contributed by atoms with van der Waals surface area (Å²) in [6.45, 7) is 9.72. The van der Waals surface area contributed by atoms with Crippen LogP contribution in [0.5, 0.6) is 0 Å². The molecule has 0 saturated heterocycles. The van der Waals surface area contributed by atoms with Gasteiger partial charge in [-0.1, -0.05) is 24.3 Å². The van der Waals surface area contributed by atoms with Crippen molar-refractivity contribution in [3.8, 4) is 0 Å². The van der Waals surface area contributed by atoms with Crippen molar-refractivity contribution in [2.45, 2.75) is 43.7 Å². The summed E-state index contributed by atoms with van der Waals surface area (Å²) in [4.78, 5) is 14.4. The van der Waals surface area contributed by atoms with Gasteiger partial charge < -0.3 is 9.64 Å². The summed E-state index contributed by atoms with van der Waals surface area (Å²) >= 11 is 0. The molecule has 0 spiro atoms. The predicted octanol–water partition coefficient (Wildman–Crippen LogP) is 3.65. The number of carbonyl (C=O) groups excluding carboxylic acids is 1. The Kier molecular flexibility index (Phi) is 5.59. The normalized spacial score (nSPS) is 20.6. The molecule has 1 aromatic rings. The lowest BCUT2D eigenvalue weighted by Gasteiger charge is -2.43. The van der Waals surface area contributed by atoms with Gasteiger partial charge in [-0.3, -0.25) is 9.11 Å². The minimum atomic E-state index is -3.07. The Morgan fingerprint density at radius 3 is 2.75 bits per heavy atom. The van der Waals surface area contributed by atoms with Crippen molar-refractivity contribution in [3.05, 3.63) is 42.5 Å². The molecule has 1 amide bonds. The average molecular weight is 354 g/mol. The second-order valence-electron chi connectivity index (χ2n) is 6.85. The minimum absolute atomic E-state index is 0.280. The highest BCUT2D eigenvalue weighted by Gasteiger charge is 2.32. The fourth-order valence-corrected chi connectivity index (χ4v) is 4.16. The Hall–Kier alpha value is -1.54. The first kappa shape index (κ1) is 18.8. The van der Waals surface area contributed by atoms with E-state index in [0.29, 0.717) is 24.4 Å². The number of hydrogen-bond donors (Lipinski definition) is 3. The average Bonchev–Trinajstić information content (AvgIpc) is 2.44. The molecule has 1 heterocycles. The summed E-state index contributed by atoms with van der Waals surface area (Å²) in [7, 11) is -3.07. The van der Waals surface area contributed by atoms with Crippen molar-refractivity contribution in [1.29, 1.82) is 0 Å². The van der Waals surface area contributed by atoms with Crippen LogP contribution in [0.1, 0.15) is 26.3 Å². The maximum atomic E-state index is 12.3. The van der Waals surface area contributed by atoms with E-state index in [2.05, 4.69) is 11.3 Å². The quantitative estimate of drug-likeness (QED) is 0.719. The van der Waals surface area contributed by atoms with Crippen LogP contribution in [-0.2, 0) is 11.2 Å². The fourth-order valence-electron chi connectivity index (χ4n) is 2.63. The van der Waals surface area contributed by atoms with Crippen LogP contribution in [0.2, 0.25) is 0 Å². The molecular weight excluding hydrogens is 328 g/mol. The summed E-state index contributed by atoms with van der Waals surface area (Å²) in [6, 6.07) is 6.95. The SMILES string of the molecule is C=CCN(CC1Cc2ccccc2S(O)(O)N1)C(=O)OC(C)(C)C. The van der Waals surface area contributed by atoms with Gasteiger partial charge in [0.25, 0.3) is 0 Å². The van der Waals surface area contributed by atoms with E-state index in [4.69, 9.17) is 4.74 Å². The zero-order valence-corrected chi connectivity index (χ0v) is 15.2. The van der Waals surface area contributed by atoms with Crippen molar-refractivity contribution < 1.29 is 18.6 Å². The molecule has 0 aromatic heterocycles. The monoisotopic (exact) mass is 354 g/mol. The number of benzene rings is 1. The Morgan fingerprint density at radius 1 is 1.46 bits per heavy atom. The number of ether oxygens (including phenoxy) is 1. The molecule has 1 atom stereocenters. The number of nitrogens with one attached hydrogen (secondary N) is 1. The summed E-state index contributed by atoms with van der Waals surface area (Å²) in [6.07, 6.45) is 1.78. The molecule has 134 valence electrons. The highest BCUT2D eigenvalue weighted by molar-refractivity contribution is 8.22. The van der Waals surface area contributed by atoms with Crippen molar-refractivity contribution in [1.82, 2.24) is 9.62 Å². The van der Waals surface area contributed by atoms with Crippen molar-refractivity contribution in [2.75, 3.05) is 13.1 Å². The summed E-state index contributed by atoms with van der Waals surface area (Å²) in [5.41, 5.74) is 0.287. The number of carbonyl (C=O) groups is 1. The fraction of sp³-hybridized carbons (Fsp3) is 0.471. The molecule has 0 radical (unpaired) electrons. The molecule has 3 N–H and O–H groups in total. The molecule has 0 aliphatic carbocycles. The van der Waals surface area contributed by atoms with E-state index in [1.54, 1.807) is 18.2 Å². The molecule has 1 aliphatic heterocycles. The van der Waals surface area contributed by atoms with Gasteiger partial charge in [-0.05, 0) is 38.8 Å². The first-order chi connectivity index (χ1) is 11.1. The smallest absolute Gasteiger partial charge is 0.410 e. The Morgan fingerprint density at radius 2 is 2.12 bits per heavy atom. The molecule has 7 heteroatoms. The molecule has 1 aromatic carbocycles. The predicted molar refractivity (Wildman–Crippen MR) is 96.2 cm³/mol. The van der Waals surface area contributed by atoms with Gasteiger partial charge in [-0.15, -0.1) is 17.4 Å². The maximum Gasteiger partial charge on any atom is 0.410 e. The number of amides is 1. The largest absolute Gasteiger partial charge is 0.444 e. The van der Waals surface area contributed by atoms with E-state index in [1.165, 1.54) is 4.90 Å².